The normalized spacial score (nSPS) is 10.1. The summed E-state index contributed by atoms with van der Waals surface area (Å²) < 4.78 is 9.83. The van der Waals surface area contributed by atoms with Crippen molar-refractivity contribution in [3.63, 3.8) is 0 Å². The maximum Gasteiger partial charge on any atom is 0.329 e. The molecule has 1 amide bonds. The fraction of sp³-hybridized carbons (Fsp3) is 0.800. The molecule has 0 aromatic carbocycles. The zero-order chi connectivity index (χ0) is 12.2. The molecule has 16 heavy (non-hydrogen) atoms. The number of nitrogens with one attached hydrogen (secondary N) is 1. The summed E-state index contributed by atoms with van der Waals surface area (Å²) in [5.74, 6) is -1.39. The van der Waals surface area contributed by atoms with Crippen molar-refractivity contribution < 1.29 is 24.2 Å². The quantitative estimate of drug-likeness (QED) is 0.520. The Morgan fingerprint density at radius 3 is 2.56 bits per heavy atom. The zero-order valence-corrected chi connectivity index (χ0v) is 9.53. The molecule has 2 N–H and O–H groups in total. The molecule has 0 aliphatic heterocycles. The van der Waals surface area contributed by atoms with Crippen LogP contribution in [0.15, 0.2) is 0 Å². The molecule has 6 heteroatoms. The zero-order valence-electron chi connectivity index (χ0n) is 9.53. The van der Waals surface area contributed by atoms with E-state index in [9.17, 15) is 9.59 Å². The van der Waals surface area contributed by atoms with E-state index < -0.39 is 12.6 Å². The van der Waals surface area contributed by atoms with Crippen molar-refractivity contribution in [3.8, 4) is 0 Å². The monoisotopic (exact) mass is 233 g/mol. The summed E-state index contributed by atoms with van der Waals surface area (Å²) >= 11 is 0. The van der Waals surface area contributed by atoms with Gasteiger partial charge in [-0.25, -0.2) is 4.79 Å². The van der Waals surface area contributed by atoms with E-state index in [0.717, 1.165) is 19.4 Å². The van der Waals surface area contributed by atoms with Gasteiger partial charge in [-0.15, -0.1) is 0 Å². The van der Waals surface area contributed by atoms with Gasteiger partial charge in [0, 0.05) is 19.8 Å². The average Bonchev–Trinajstić information content (AvgIpc) is 2.22. The second kappa shape index (κ2) is 10.4. The summed E-state index contributed by atoms with van der Waals surface area (Å²) in [6.07, 6.45) is 1.72. The van der Waals surface area contributed by atoms with Crippen LogP contribution in [0, 0.1) is 0 Å². The van der Waals surface area contributed by atoms with Crippen LogP contribution in [0.1, 0.15) is 19.8 Å². The Kier molecular flexibility index (Phi) is 9.64. The highest BCUT2D eigenvalue weighted by Gasteiger charge is 2.02. The predicted octanol–water partition coefficient (Wildman–Crippen LogP) is 0.0205. The SMILES string of the molecule is CCCOCCCNC(=O)COCC(=O)O. The van der Waals surface area contributed by atoms with Gasteiger partial charge >= 0.3 is 5.97 Å². The van der Waals surface area contributed by atoms with Crippen molar-refractivity contribution in [2.24, 2.45) is 0 Å². The standard InChI is InChI=1S/C10H19NO5/c1-2-5-15-6-3-4-11-9(12)7-16-8-10(13)14/h2-8H2,1H3,(H,11,12)(H,13,14). The first-order valence-corrected chi connectivity index (χ1v) is 5.30. The third-order valence-electron chi connectivity index (χ3n) is 1.59. The molecule has 0 heterocycles. The van der Waals surface area contributed by atoms with E-state index in [1.54, 1.807) is 0 Å². The van der Waals surface area contributed by atoms with Crippen molar-refractivity contribution in [2.75, 3.05) is 33.0 Å². The fourth-order valence-electron chi connectivity index (χ4n) is 0.931. The summed E-state index contributed by atoms with van der Waals surface area (Å²) in [5.41, 5.74) is 0. The Hall–Kier alpha value is -1.14. The van der Waals surface area contributed by atoms with E-state index >= 15 is 0 Å². The van der Waals surface area contributed by atoms with Gasteiger partial charge in [0.05, 0.1) is 0 Å². The molecular weight excluding hydrogens is 214 g/mol. The van der Waals surface area contributed by atoms with Crippen LogP contribution in [0.3, 0.4) is 0 Å². The summed E-state index contributed by atoms with van der Waals surface area (Å²) in [6.45, 7) is 3.22. The van der Waals surface area contributed by atoms with Gasteiger partial charge in [-0.1, -0.05) is 6.92 Å². The Balaban J connectivity index is 3.20. The smallest absolute Gasteiger partial charge is 0.329 e. The minimum atomic E-state index is -1.08. The molecule has 0 rings (SSSR count). The molecule has 0 saturated carbocycles. The Morgan fingerprint density at radius 1 is 1.19 bits per heavy atom. The van der Waals surface area contributed by atoms with Crippen molar-refractivity contribution in [1.82, 2.24) is 5.32 Å². The van der Waals surface area contributed by atoms with Crippen LogP contribution in [-0.4, -0.2) is 50.0 Å². The minimum Gasteiger partial charge on any atom is -0.480 e. The molecular formula is C10H19NO5. The molecule has 0 aliphatic rings. The first-order valence-electron chi connectivity index (χ1n) is 5.30. The van der Waals surface area contributed by atoms with Crippen LogP contribution in [-0.2, 0) is 19.1 Å². The van der Waals surface area contributed by atoms with Crippen molar-refractivity contribution in [3.05, 3.63) is 0 Å². The molecule has 0 aromatic heterocycles. The molecule has 0 atom stereocenters. The third-order valence-corrected chi connectivity index (χ3v) is 1.59. The topological polar surface area (TPSA) is 84.9 Å². The van der Waals surface area contributed by atoms with Crippen molar-refractivity contribution in [2.45, 2.75) is 19.8 Å². The average molecular weight is 233 g/mol. The molecule has 0 radical (unpaired) electrons. The van der Waals surface area contributed by atoms with Gasteiger partial charge in [0.1, 0.15) is 13.2 Å². The summed E-state index contributed by atoms with van der Waals surface area (Å²) in [6, 6.07) is 0. The van der Waals surface area contributed by atoms with Gasteiger partial charge in [-0.2, -0.15) is 0 Å². The molecule has 0 aromatic rings. The van der Waals surface area contributed by atoms with E-state index in [4.69, 9.17) is 9.84 Å². The van der Waals surface area contributed by atoms with Gasteiger partial charge < -0.3 is 19.9 Å². The Bertz CT molecular complexity index is 207. The number of carboxylic acid groups (broad SMARTS) is 1. The summed E-state index contributed by atoms with van der Waals surface area (Å²) in [5, 5.41) is 10.8. The largest absolute Gasteiger partial charge is 0.480 e. The minimum absolute atomic E-state index is 0.220. The molecule has 6 nitrogen and oxygen atoms in total. The lowest BCUT2D eigenvalue weighted by atomic mass is 10.4. The molecule has 0 unspecified atom stereocenters. The number of aliphatic carboxylic acids is 1. The van der Waals surface area contributed by atoms with Crippen molar-refractivity contribution >= 4 is 11.9 Å². The van der Waals surface area contributed by atoms with Gasteiger partial charge in [-0.05, 0) is 12.8 Å². The van der Waals surface area contributed by atoms with Crippen LogP contribution >= 0.6 is 0 Å². The fourth-order valence-corrected chi connectivity index (χ4v) is 0.931. The first-order chi connectivity index (χ1) is 7.66. The van der Waals surface area contributed by atoms with Gasteiger partial charge in [-0.3, -0.25) is 4.79 Å². The number of rotatable bonds is 10. The second-order valence-corrected chi connectivity index (χ2v) is 3.20. The Morgan fingerprint density at radius 2 is 1.94 bits per heavy atom. The molecule has 94 valence electrons. The molecule has 0 aliphatic carbocycles. The van der Waals surface area contributed by atoms with Crippen LogP contribution in [0.5, 0.6) is 0 Å². The highest BCUT2D eigenvalue weighted by Crippen LogP contribution is 1.84. The van der Waals surface area contributed by atoms with Crippen molar-refractivity contribution in [1.29, 1.82) is 0 Å². The number of carboxylic acids is 1. The molecule has 0 bridgehead atoms. The highest BCUT2D eigenvalue weighted by atomic mass is 16.5. The second-order valence-electron chi connectivity index (χ2n) is 3.20. The van der Waals surface area contributed by atoms with Gasteiger partial charge in [0.25, 0.3) is 0 Å². The van der Waals surface area contributed by atoms with E-state index in [1.165, 1.54) is 0 Å². The van der Waals surface area contributed by atoms with Crippen LogP contribution in [0.2, 0.25) is 0 Å². The number of carbonyl (C=O) groups is 2. The van der Waals surface area contributed by atoms with Crippen LogP contribution < -0.4 is 5.32 Å². The van der Waals surface area contributed by atoms with E-state index in [2.05, 4.69) is 10.1 Å². The third kappa shape index (κ3) is 10.9. The highest BCUT2D eigenvalue weighted by molar-refractivity contribution is 5.77. The number of carbonyl (C=O) groups excluding carboxylic acids is 1. The number of hydrogen-bond donors (Lipinski definition) is 2. The lowest BCUT2D eigenvalue weighted by Crippen LogP contribution is -2.29. The molecule has 0 spiro atoms. The number of ether oxygens (including phenoxy) is 2. The lowest BCUT2D eigenvalue weighted by molar-refractivity contribution is -0.143. The number of hydrogen-bond acceptors (Lipinski definition) is 4. The van der Waals surface area contributed by atoms with Crippen LogP contribution in [0.4, 0.5) is 0 Å². The van der Waals surface area contributed by atoms with E-state index in [0.29, 0.717) is 13.2 Å². The lowest BCUT2D eigenvalue weighted by Gasteiger charge is -2.05. The maximum absolute atomic E-state index is 11.0. The van der Waals surface area contributed by atoms with Crippen LogP contribution in [0.25, 0.3) is 0 Å². The molecule has 0 fully saturated rings. The summed E-state index contributed by atoms with van der Waals surface area (Å²) in [7, 11) is 0. The predicted molar refractivity (Wildman–Crippen MR) is 57.2 cm³/mol. The van der Waals surface area contributed by atoms with E-state index in [-0.39, 0.29) is 12.5 Å². The Labute approximate surface area is 94.9 Å². The first kappa shape index (κ1) is 14.9. The van der Waals surface area contributed by atoms with Gasteiger partial charge in [0.15, 0.2) is 0 Å². The van der Waals surface area contributed by atoms with Gasteiger partial charge in [0.2, 0.25) is 5.91 Å². The van der Waals surface area contributed by atoms with E-state index in [1.807, 2.05) is 6.92 Å². The maximum atomic E-state index is 11.0. The molecule has 0 saturated heterocycles. The summed E-state index contributed by atoms with van der Waals surface area (Å²) in [4.78, 5) is 21.1. The number of amides is 1.